The zero-order valence-corrected chi connectivity index (χ0v) is 21.5. The molecule has 0 amide bonds. The minimum atomic E-state index is -1.23. The molecule has 3 rings (SSSR count). The van der Waals surface area contributed by atoms with Crippen LogP contribution in [-0.2, 0) is 32.4 Å². The van der Waals surface area contributed by atoms with E-state index < -0.39 is 23.6 Å². The van der Waals surface area contributed by atoms with Crippen molar-refractivity contribution in [2.24, 2.45) is 5.92 Å². The minimum Gasteiger partial charge on any atom is -0.292 e. The van der Waals surface area contributed by atoms with Crippen LogP contribution < -0.4 is 0 Å². The van der Waals surface area contributed by atoms with Gasteiger partial charge in [0.05, 0.1) is 11.1 Å². The van der Waals surface area contributed by atoms with Gasteiger partial charge in [-0.2, -0.15) is 9.78 Å². The van der Waals surface area contributed by atoms with Crippen LogP contribution in [0.3, 0.4) is 0 Å². The van der Waals surface area contributed by atoms with Gasteiger partial charge in [0.25, 0.3) is 0 Å². The summed E-state index contributed by atoms with van der Waals surface area (Å²) < 4.78 is 0. The summed E-state index contributed by atoms with van der Waals surface area (Å²) in [6.07, 6.45) is 7.20. The lowest BCUT2D eigenvalue weighted by atomic mass is 9.78. The summed E-state index contributed by atoms with van der Waals surface area (Å²) in [5, 5.41) is 0. The molecule has 3 unspecified atom stereocenters. The van der Waals surface area contributed by atoms with E-state index in [0.29, 0.717) is 30.4 Å². The van der Waals surface area contributed by atoms with Crippen LogP contribution in [0.5, 0.6) is 0 Å². The maximum absolute atomic E-state index is 12.6. The topological polar surface area (TPSA) is 71.1 Å². The zero-order chi connectivity index (χ0) is 26.0. The summed E-state index contributed by atoms with van der Waals surface area (Å²) >= 11 is 0. The maximum Gasteiger partial charge on any atom is 0.373 e. The van der Waals surface area contributed by atoms with Crippen molar-refractivity contribution >= 4 is 11.9 Å². The van der Waals surface area contributed by atoms with Crippen molar-refractivity contribution in [3.8, 4) is 0 Å². The minimum absolute atomic E-state index is 0.0661. The van der Waals surface area contributed by atoms with E-state index in [-0.39, 0.29) is 5.92 Å². The highest BCUT2D eigenvalue weighted by atomic mass is 17.2. The van der Waals surface area contributed by atoms with Gasteiger partial charge in [-0.1, -0.05) is 57.9 Å². The molecule has 0 saturated heterocycles. The Kier molecular flexibility index (Phi) is 10.5. The Balaban J connectivity index is 1.56. The van der Waals surface area contributed by atoms with E-state index in [1.165, 1.54) is 11.1 Å². The van der Waals surface area contributed by atoms with E-state index in [0.717, 1.165) is 38.5 Å². The average Bonchev–Trinajstić information content (AvgIpc) is 2.90. The van der Waals surface area contributed by atoms with E-state index >= 15 is 0 Å². The molecule has 6 heteroatoms. The molecule has 2 aromatic carbocycles. The molecule has 0 bridgehead atoms. The Morgan fingerprint density at radius 2 is 1.36 bits per heavy atom. The molecular weight excluding hydrogens is 456 g/mol. The number of hydrogen-bond donors (Lipinski definition) is 0. The number of benzene rings is 2. The van der Waals surface area contributed by atoms with Crippen LogP contribution >= 0.6 is 0 Å². The third kappa shape index (κ3) is 7.90. The van der Waals surface area contributed by atoms with Crippen LogP contribution in [0.2, 0.25) is 0 Å². The van der Waals surface area contributed by atoms with Crippen LogP contribution in [-0.4, -0.2) is 23.6 Å². The molecule has 2 radical (unpaired) electrons. The van der Waals surface area contributed by atoms with Gasteiger partial charge in [0.2, 0.25) is 0 Å². The van der Waals surface area contributed by atoms with E-state index in [4.69, 9.17) is 19.6 Å². The maximum atomic E-state index is 12.6. The molecule has 0 aromatic heterocycles. The third-order valence-corrected chi connectivity index (χ3v) is 6.65. The molecule has 194 valence electrons. The molecule has 2 aromatic rings. The number of carbonyl (C=O) groups excluding carboxylic acids is 2. The van der Waals surface area contributed by atoms with Gasteiger partial charge in [0.15, 0.2) is 0 Å². The lowest BCUT2D eigenvalue weighted by Crippen LogP contribution is -2.48. The van der Waals surface area contributed by atoms with Gasteiger partial charge in [-0.25, -0.2) is 9.59 Å². The summed E-state index contributed by atoms with van der Waals surface area (Å²) in [5.74, 6) is -1.15. The van der Waals surface area contributed by atoms with Crippen molar-refractivity contribution in [3.05, 3.63) is 84.6 Å². The number of unbranched alkanes of at least 4 members (excludes halogenated alkanes) is 2. The molecular formula is C30H38O6. The van der Waals surface area contributed by atoms with Crippen molar-refractivity contribution in [1.82, 2.24) is 0 Å². The molecule has 6 nitrogen and oxygen atoms in total. The number of rotatable bonds is 12. The molecule has 1 aliphatic rings. The quantitative estimate of drug-likeness (QED) is 0.238. The first-order valence-corrected chi connectivity index (χ1v) is 13.0. The number of aryl methyl sites for hydroxylation is 2. The molecule has 1 saturated carbocycles. The fourth-order valence-electron chi connectivity index (χ4n) is 4.16. The predicted octanol–water partition coefficient (Wildman–Crippen LogP) is 6.82. The highest BCUT2D eigenvalue weighted by molar-refractivity contribution is 5.89. The van der Waals surface area contributed by atoms with Gasteiger partial charge in [0.1, 0.15) is 11.7 Å². The van der Waals surface area contributed by atoms with Crippen molar-refractivity contribution in [2.75, 3.05) is 0 Å². The first-order valence-electron chi connectivity index (χ1n) is 13.0. The van der Waals surface area contributed by atoms with E-state index in [2.05, 4.69) is 27.7 Å². The van der Waals surface area contributed by atoms with Crippen LogP contribution in [0.4, 0.5) is 0 Å². The standard InChI is InChI=1S/C30H38O6/c1-5-7-9-23-11-15-25(16-12-23)28(31)34-33-27-21-22(3)19-20-30(27,4)36-35-29(32)26-17-13-24(14-18-26)10-8-6-2/h11-18,22,27H,3-10,19-21H2,1-2H3. The van der Waals surface area contributed by atoms with Crippen LogP contribution in [0.1, 0.15) is 90.6 Å². The van der Waals surface area contributed by atoms with Crippen LogP contribution in [0.15, 0.2) is 48.5 Å². The Labute approximate surface area is 215 Å². The Morgan fingerprint density at radius 1 is 0.861 bits per heavy atom. The number of carbonyl (C=O) groups is 2. The second-order valence-corrected chi connectivity index (χ2v) is 9.72. The molecule has 1 aliphatic carbocycles. The van der Waals surface area contributed by atoms with Gasteiger partial charge >= 0.3 is 11.9 Å². The Morgan fingerprint density at radius 3 is 1.86 bits per heavy atom. The Bertz CT molecular complexity index is 968. The zero-order valence-electron chi connectivity index (χ0n) is 21.5. The van der Waals surface area contributed by atoms with Crippen LogP contribution in [0.25, 0.3) is 0 Å². The highest BCUT2D eigenvalue weighted by Gasteiger charge is 2.45. The van der Waals surface area contributed by atoms with Gasteiger partial charge in [0, 0.05) is 0 Å². The molecule has 0 spiro atoms. The second kappa shape index (κ2) is 13.6. The molecule has 36 heavy (non-hydrogen) atoms. The van der Waals surface area contributed by atoms with E-state index in [1.54, 1.807) is 24.3 Å². The first kappa shape index (κ1) is 27.9. The molecule has 1 fully saturated rings. The summed E-state index contributed by atoms with van der Waals surface area (Å²) in [4.78, 5) is 46.4. The van der Waals surface area contributed by atoms with Gasteiger partial charge < -0.3 is 0 Å². The Hall–Kier alpha value is -2.70. The molecule has 0 aliphatic heterocycles. The van der Waals surface area contributed by atoms with Crippen molar-refractivity contribution < 1.29 is 29.1 Å². The lowest BCUT2D eigenvalue weighted by Gasteiger charge is -2.39. The van der Waals surface area contributed by atoms with Gasteiger partial charge in [-0.15, -0.1) is 0 Å². The summed E-state index contributed by atoms with van der Waals surface area (Å²) in [7, 11) is 0. The summed E-state index contributed by atoms with van der Waals surface area (Å²) in [6.45, 7) is 12.5. The SMILES string of the molecule is [CH2]C1CCC([CH2])(OOC(=O)c2ccc(CCCC)cc2)C(OOC(=O)c2ccc(CCCC)cc2)C1. The molecule has 3 atom stereocenters. The van der Waals surface area contributed by atoms with Crippen LogP contribution in [0, 0.1) is 19.8 Å². The second-order valence-electron chi connectivity index (χ2n) is 9.72. The summed E-state index contributed by atoms with van der Waals surface area (Å²) in [5.41, 5.74) is 1.89. The lowest BCUT2D eigenvalue weighted by molar-refractivity contribution is -0.380. The van der Waals surface area contributed by atoms with Gasteiger partial charge in [-0.3, -0.25) is 9.78 Å². The summed E-state index contributed by atoms with van der Waals surface area (Å²) in [6, 6.07) is 14.6. The molecule has 0 N–H and O–H groups in total. The highest BCUT2D eigenvalue weighted by Crippen LogP contribution is 2.37. The van der Waals surface area contributed by atoms with E-state index in [1.807, 2.05) is 24.3 Å². The average molecular weight is 495 g/mol. The fraction of sp³-hybridized carbons (Fsp3) is 0.467. The van der Waals surface area contributed by atoms with Crippen molar-refractivity contribution in [3.63, 3.8) is 0 Å². The van der Waals surface area contributed by atoms with E-state index in [9.17, 15) is 9.59 Å². The smallest absolute Gasteiger partial charge is 0.292 e. The largest absolute Gasteiger partial charge is 0.373 e. The normalized spacial score (nSPS) is 21.7. The number of hydrogen-bond acceptors (Lipinski definition) is 6. The van der Waals surface area contributed by atoms with Crippen molar-refractivity contribution in [1.29, 1.82) is 0 Å². The van der Waals surface area contributed by atoms with Crippen molar-refractivity contribution in [2.45, 2.75) is 83.3 Å². The monoisotopic (exact) mass is 494 g/mol. The predicted molar refractivity (Wildman–Crippen MR) is 138 cm³/mol. The fourth-order valence-corrected chi connectivity index (χ4v) is 4.16. The van der Waals surface area contributed by atoms with Gasteiger partial charge in [-0.05, 0) is 93.2 Å². The first-order chi connectivity index (χ1) is 17.3. The molecule has 0 heterocycles. The third-order valence-electron chi connectivity index (χ3n) is 6.65.